The van der Waals surface area contributed by atoms with Gasteiger partial charge in [-0.3, -0.25) is 4.98 Å². The minimum Gasteiger partial charge on any atom is -0.378 e. The molecule has 0 aliphatic carbocycles. The van der Waals surface area contributed by atoms with Gasteiger partial charge in [0.25, 0.3) is 0 Å². The standard InChI is InChI=1S/C21H18FN5O/c22-17-3-1-15(2-4-17)20-21(16-7-9-23-10-8-16)27-18(24-20)5-6-19(25-27)26-11-13-28-14-12-26/h1-10H,11-14H2. The average molecular weight is 375 g/mol. The predicted molar refractivity (Wildman–Crippen MR) is 105 cm³/mol. The molecule has 0 unspecified atom stereocenters. The van der Waals surface area contributed by atoms with Crippen LogP contribution in [0.25, 0.3) is 28.2 Å². The minimum atomic E-state index is -0.272. The summed E-state index contributed by atoms with van der Waals surface area (Å²) in [6.07, 6.45) is 3.49. The summed E-state index contributed by atoms with van der Waals surface area (Å²) in [5.74, 6) is 0.611. The Hall–Kier alpha value is -3.32. The Morgan fingerprint density at radius 1 is 0.857 bits per heavy atom. The fourth-order valence-electron chi connectivity index (χ4n) is 3.46. The second-order valence-electron chi connectivity index (χ2n) is 6.61. The Bertz CT molecular complexity index is 1110. The minimum absolute atomic E-state index is 0.272. The number of anilines is 1. The highest BCUT2D eigenvalue weighted by molar-refractivity contribution is 5.81. The molecule has 1 aliphatic rings. The molecule has 0 amide bonds. The average Bonchev–Trinajstić information content (AvgIpc) is 3.14. The predicted octanol–water partition coefficient (Wildman–Crippen LogP) is 3.43. The van der Waals surface area contributed by atoms with E-state index < -0.39 is 0 Å². The molecular weight excluding hydrogens is 357 g/mol. The number of rotatable bonds is 3. The number of pyridine rings is 1. The van der Waals surface area contributed by atoms with Gasteiger partial charge < -0.3 is 9.64 Å². The van der Waals surface area contributed by atoms with Crippen LogP contribution in [-0.4, -0.2) is 45.9 Å². The van der Waals surface area contributed by atoms with E-state index in [4.69, 9.17) is 14.8 Å². The van der Waals surface area contributed by atoms with Gasteiger partial charge in [0.15, 0.2) is 5.65 Å². The van der Waals surface area contributed by atoms with Crippen molar-refractivity contribution in [2.24, 2.45) is 0 Å². The lowest BCUT2D eigenvalue weighted by molar-refractivity contribution is 0.122. The van der Waals surface area contributed by atoms with Gasteiger partial charge in [-0.2, -0.15) is 0 Å². The first kappa shape index (κ1) is 16.8. The highest BCUT2D eigenvalue weighted by atomic mass is 19.1. The molecule has 4 heterocycles. The third kappa shape index (κ3) is 2.99. The number of halogens is 1. The zero-order valence-corrected chi connectivity index (χ0v) is 15.1. The zero-order chi connectivity index (χ0) is 18.9. The normalized spacial score (nSPS) is 14.5. The van der Waals surface area contributed by atoms with Crippen molar-refractivity contribution in [2.75, 3.05) is 31.2 Å². The van der Waals surface area contributed by atoms with Crippen LogP contribution in [0.1, 0.15) is 0 Å². The summed E-state index contributed by atoms with van der Waals surface area (Å²) in [6.45, 7) is 3.01. The molecule has 0 bridgehead atoms. The van der Waals surface area contributed by atoms with Crippen LogP contribution < -0.4 is 4.90 Å². The molecule has 0 radical (unpaired) electrons. The maximum absolute atomic E-state index is 13.4. The van der Waals surface area contributed by atoms with Gasteiger partial charge in [0.2, 0.25) is 0 Å². The van der Waals surface area contributed by atoms with Gasteiger partial charge in [-0.1, -0.05) is 0 Å². The molecule has 0 saturated carbocycles. The Morgan fingerprint density at radius 3 is 2.36 bits per heavy atom. The van der Waals surface area contributed by atoms with Crippen LogP contribution in [0.5, 0.6) is 0 Å². The van der Waals surface area contributed by atoms with Crippen molar-refractivity contribution >= 4 is 11.5 Å². The topological polar surface area (TPSA) is 55.5 Å². The van der Waals surface area contributed by atoms with E-state index in [0.29, 0.717) is 13.2 Å². The first-order valence-electron chi connectivity index (χ1n) is 9.18. The van der Waals surface area contributed by atoms with E-state index in [1.54, 1.807) is 24.5 Å². The van der Waals surface area contributed by atoms with Crippen LogP contribution in [0.15, 0.2) is 60.9 Å². The molecule has 5 rings (SSSR count). The molecule has 28 heavy (non-hydrogen) atoms. The van der Waals surface area contributed by atoms with E-state index in [-0.39, 0.29) is 5.82 Å². The summed E-state index contributed by atoms with van der Waals surface area (Å²) in [7, 11) is 0. The molecule has 1 saturated heterocycles. The molecule has 1 aliphatic heterocycles. The number of hydrogen-bond donors (Lipinski definition) is 0. The van der Waals surface area contributed by atoms with Gasteiger partial charge in [-0.05, 0) is 48.5 Å². The number of fused-ring (bicyclic) bond motifs is 1. The first-order chi connectivity index (χ1) is 13.8. The molecule has 6 nitrogen and oxygen atoms in total. The van der Waals surface area contributed by atoms with Gasteiger partial charge in [-0.15, -0.1) is 5.10 Å². The van der Waals surface area contributed by atoms with E-state index in [1.807, 2.05) is 28.8 Å². The van der Waals surface area contributed by atoms with Crippen LogP contribution in [-0.2, 0) is 4.74 Å². The molecule has 0 N–H and O–H groups in total. The van der Waals surface area contributed by atoms with Crippen molar-refractivity contribution in [1.82, 2.24) is 19.6 Å². The number of aromatic nitrogens is 4. The summed E-state index contributed by atoms with van der Waals surface area (Å²) in [4.78, 5) is 11.1. The summed E-state index contributed by atoms with van der Waals surface area (Å²) in [6, 6.07) is 14.2. The maximum atomic E-state index is 13.4. The summed E-state index contributed by atoms with van der Waals surface area (Å²) < 4.78 is 20.7. The van der Waals surface area contributed by atoms with Crippen LogP contribution in [0.2, 0.25) is 0 Å². The Kier molecular flexibility index (Phi) is 4.21. The molecule has 140 valence electrons. The Balaban J connectivity index is 1.71. The summed E-state index contributed by atoms with van der Waals surface area (Å²) in [5.41, 5.74) is 4.15. The van der Waals surface area contributed by atoms with Crippen LogP contribution in [0.4, 0.5) is 10.2 Å². The fraction of sp³-hybridized carbons (Fsp3) is 0.190. The largest absolute Gasteiger partial charge is 0.378 e. The van der Waals surface area contributed by atoms with Crippen molar-refractivity contribution in [3.05, 3.63) is 66.7 Å². The SMILES string of the molecule is Fc1ccc(-c2nc3ccc(N4CCOCC4)nn3c2-c2ccncc2)cc1. The van der Waals surface area contributed by atoms with E-state index in [2.05, 4.69) is 9.88 Å². The summed E-state index contributed by atoms with van der Waals surface area (Å²) in [5, 5.41) is 4.87. The van der Waals surface area contributed by atoms with Gasteiger partial charge in [0.1, 0.15) is 17.3 Å². The van der Waals surface area contributed by atoms with Gasteiger partial charge in [0.05, 0.1) is 18.9 Å². The number of nitrogens with zero attached hydrogens (tertiary/aromatic N) is 5. The number of benzene rings is 1. The highest BCUT2D eigenvalue weighted by Crippen LogP contribution is 2.32. The zero-order valence-electron chi connectivity index (χ0n) is 15.1. The Labute approximate surface area is 161 Å². The fourth-order valence-corrected chi connectivity index (χ4v) is 3.46. The summed E-state index contributed by atoms with van der Waals surface area (Å²) >= 11 is 0. The molecule has 7 heteroatoms. The van der Waals surface area contributed by atoms with Crippen molar-refractivity contribution in [3.63, 3.8) is 0 Å². The van der Waals surface area contributed by atoms with Gasteiger partial charge in [0, 0.05) is 36.6 Å². The molecule has 0 spiro atoms. The lowest BCUT2D eigenvalue weighted by atomic mass is 10.1. The van der Waals surface area contributed by atoms with Crippen LogP contribution in [0.3, 0.4) is 0 Å². The molecule has 0 atom stereocenters. The molecule has 3 aromatic heterocycles. The molecule has 1 fully saturated rings. The van der Waals surface area contributed by atoms with Crippen LogP contribution >= 0.6 is 0 Å². The third-order valence-electron chi connectivity index (χ3n) is 4.87. The first-order valence-corrected chi connectivity index (χ1v) is 9.18. The second-order valence-corrected chi connectivity index (χ2v) is 6.61. The van der Waals surface area contributed by atoms with Crippen molar-refractivity contribution in [1.29, 1.82) is 0 Å². The van der Waals surface area contributed by atoms with Gasteiger partial charge >= 0.3 is 0 Å². The quantitative estimate of drug-likeness (QED) is 0.549. The van der Waals surface area contributed by atoms with Crippen molar-refractivity contribution < 1.29 is 9.13 Å². The lowest BCUT2D eigenvalue weighted by Gasteiger charge is -2.27. The van der Waals surface area contributed by atoms with E-state index in [9.17, 15) is 4.39 Å². The smallest absolute Gasteiger partial charge is 0.155 e. The maximum Gasteiger partial charge on any atom is 0.155 e. The number of morpholine rings is 1. The number of imidazole rings is 1. The van der Waals surface area contributed by atoms with E-state index >= 15 is 0 Å². The van der Waals surface area contributed by atoms with Crippen molar-refractivity contribution in [2.45, 2.75) is 0 Å². The van der Waals surface area contributed by atoms with Crippen molar-refractivity contribution in [3.8, 4) is 22.5 Å². The molecular formula is C21H18FN5O. The second kappa shape index (κ2) is 7.01. The van der Waals surface area contributed by atoms with Gasteiger partial charge in [-0.25, -0.2) is 13.9 Å². The molecule has 1 aromatic carbocycles. The molecule has 4 aromatic rings. The van der Waals surface area contributed by atoms with Crippen LogP contribution in [0, 0.1) is 5.82 Å². The van der Waals surface area contributed by atoms with E-state index in [1.165, 1.54) is 12.1 Å². The number of ether oxygens (including phenoxy) is 1. The number of hydrogen-bond acceptors (Lipinski definition) is 5. The van der Waals surface area contributed by atoms with E-state index in [0.717, 1.165) is 47.1 Å². The monoisotopic (exact) mass is 375 g/mol. The Morgan fingerprint density at radius 2 is 1.61 bits per heavy atom. The third-order valence-corrected chi connectivity index (χ3v) is 4.87. The highest BCUT2D eigenvalue weighted by Gasteiger charge is 2.19. The lowest BCUT2D eigenvalue weighted by Crippen LogP contribution is -2.37.